The van der Waals surface area contributed by atoms with Crippen molar-refractivity contribution in [2.24, 2.45) is 0 Å². The molecule has 18 heavy (non-hydrogen) atoms. The Morgan fingerprint density at radius 3 is 2.72 bits per heavy atom. The van der Waals surface area contributed by atoms with Crippen molar-refractivity contribution < 1.29 is 4.79 Å². The Morgan fingerprint density at radius 2 is 2.22 bits per heavy atom. The molecule has 0 saturated carbocycles. The van der Waals surface area contributed by atoms with Gasteiger partial charge in [-0.25, -0.2) is 4.68 Å². The van der Waals surface area contributed by atoms with Crippen molar-refractivity contribution >= 4 is 17.4 Å². The predicted octanol–water partition coefficient (Wildman–Crippen LogP) is 2.30. The molecule has 0 saturated heterocycles. The van der Waals surface area contributed by atoms with Gasteiger partial charge in [0.25, 0.3) is 0 Å². The van der Waals surface area contributed by atoms with E-state index in [1.165, 1.54) is 11.6 Å². The second kappa shape index (κ2) is 4.59. The zero-order chi connectivity index (χ0) is 13.3. The summed E-state index contributed by atoms with van der Waals surface area (Å²) in [5.74, 6) is -0.140. The standard InChI is InChI=1S/C12H9ClN4O/c1-7-12(8(2)18)15-16-17(7)10-4-3-9(6-14)11(13)5-10/h3-5H,1-2H3. The first-order valence-electron chi connectivity index (χ1n) is 5.18. The number of rotatable bonds is 2. The van der Waals surface area contributed by atoms with E-state index in [1.807, 2.05) is 6.07 Å². The molecule has 5 nitrogen and oxygen atoms in total. The Hall–Kier alpha value is -2.19. The molecule has 6 heteroatoms. The fourth-order valence-electron chi connectivity index (χ4n) is 1.63. The third kappa shape index (κ3) is 1.98. The first-order chi connectivity index (χ1) is 8.54. The third-order valence-corrected chi connectivity index (χ3v) is 2.86. The maximum Gasteiger partial charge on any atom is 0.181 e. The first-order valence-corrected chi connectivity index (χ1v) is 5.55. The molecule has 90 valence electrons. The number of nitrogens with zero attached hydrogens (tertiary/aromatic N) is 4. The Bertz CT molecular complexity index is 669. The second-order valence-corrected chi connectivity index (χ2v) is 4.17. The molecule has 0 spiro atoms. The topological polar surface area (TPSA) is 71.6 Å². The van der Waals surface area contributed by atoms with Gasteiger partial charge in [0, 0.05) is 6.92 Å². The minimum atomic E-state index is -0.140. The van der Waals surface area contributed by atoms with Crippen LogP contribution in [0.1, 0.15) is 28.7 Å². The van der Waals surface area contributed by atoms with Gasteiger partial charge in [-0.1, -0.05) is 16.8 Å². The third-order valence-electron chi connectivity index (χ3n) is 2.55. The SMILES string of the molecule is CC(=O)c1nnn(-c2ccc(C#N)c(Cl)c2)c1C. The molecular weight excluding hydrogens is 252 g/mol. The van der Waals surface area contributed by atoms with E-state index in [0.717, 1.165) is 0 Å². The van der Waals surface area contributed by atoms with Gasteiger partial charge < -0.3 is 0 Å². The van der Waals surface area contributed by atoms with E-state index in [2.05, 4.69) is 10.3 Å². The van der Waals surface area contributed by atoms with Crippen molar-refractivity contribution in [2.45, 2.75) is 13.8 Å². The summed E-state index contributed by atoms with van der Waals surface area (Å²) in [5.41, 5.74) is 2.03. The highest BCUT2D eigenvalue weighted by Gasteiger charge is 2.14. The summed E-state index contributed by atoms with van der Waals surface area (Å²) in [4.78, 5) is 11.3. The molecule has 0 amide bonds. The minimum Gasteiger partial charge on any atom is -0.293 e. The molecule has 0 N–H and O–H groups in total. The van der Waals surface area contributed by atoms with Crippen LogP contribution in [-0.2, 0) is 0 Å². The summed E-state index contributed by atoms with van der Waals surface area (Å²) in [6, 6.07) is 6.91. The average Bonchev–Trinajstić information content (AvgIpc) is 2.71. The minimum absolute atomic E-state index is 0.140. The van der Waals surface area contributed by atoms with Crippen molar-refractivity contribution in [2.75, 3.05) is 0 Å². The van der Waals surface area contributed by atoms with Crippen molar-refractivity contribution in [1.29, 1.82) is 5.26 Å². The highest BCUT2D eigenvalue weighted by Crippen LogP contribution is 2.20. The van der Waals surface area contributed by atoms with Gasteiger partial charge in [0.1, 0.15) is 6.07 Å². The van der Waals surface area contributed by atoms with Gasteiger partial charge in [0.15, 0.2) is 11.5 Å². The Morgan fingerprint density at radius 1 is 1.50 bits per heavy atom. The monoisotopic (exact) mass is 260 g/mol. The largest absolute Gasteiger partial charge is 0.293 e. The predicted molar refractivity (Wildman–Crippen MR) is 65.8 cm³/mol. The van der Waals surface area contributed by atoms with Crippen molar-refractivity contribution in [3.8, 4) is 11.8 Å². The van der Waals surface area contributed by atoms with Crippen molar-refractivity contribution in [3.63, 3.8) is 0 Å². The van der Waals surface area contributed by atoms with Gasteiger partial charge in [-0.05, 0) is 25.1 Å². The van der Waals surface area contributed by atoms with Crippen LogP contribution in [0.4, 0.5) is 0 Å². The van der Waals surface area contributed by atoms with Gasteiger partial charge in [-0.2, -0.15) is 5.26 Å². The lowest BCUT2D eigenvalue weighted by atomic mass is 10.2. The maximum absolute atomic E-state index is 11.3. The van der Waals surface area contributed by atoms with Gasteiger partial charge >= 0.3 is 0 Å². The molecule has 1 aromatic heterocycles. The smallest absolute Gasteiger partial charge is 0.181 e. The molecule has 1 heterocycles. The van der Waals surface area contributed by atoms with E-state index in [4.69, 9.17) is 16.9 Å². The fourth-order valence-corrected chi connectivity index (χ4v) is 1.84. The van der Waals surface area contributed by atoms with Gasteiger partial charge in [0.2, 0.25) is 0 Å². The summed E-state index contributed by atoms with van der Waals surface area (Å²) < 4.78 is 1.52. The van der Waals surface area contributed by atoms with Crippen LogP contribution in [-0.4, -0.2) is 20.8 Å². The van der Waals surface area contributed by atoms with Crippen LogP contribution < -0.4 is 0 Å². The molecule has 0 radical (unpaired) electrons. The molecule has 2 rings (SSSR count). The Labute approximate surface area is 109 Å². The van der Waals surface area contributed by atoms with Crippen LogP contribution in [0.5, 0.6) is 0 Å². The van der Waals surface area contributed by atoms with Crippen LogP contribution in [0.2, 0.25) is 5.02 Å². The van der Waals surface area contributed by atoms with E-state index < -0.39 is 0 Å². The lowest BCUT2D eigenvalue weighted by molar-refractivity contribution is 0.101. The van der Waals surface area contributed by atoms with Gasteiger partial charge in [0.05, 0.1) is 22.0 Å². The first kappa shape index (κ1) is 12.3. The molecule has 0 unspecified atom stereocenters. The second-order valence-electron chi connectivity index (χ2n) is 3.77. The van der Waals surface area contributed by atoms with Crippen LogP contribution in [0, 0.1) is 18.3 Å². The zero-order valence-corrected chi connectivity index (χ0v) is 10.6. The molecule has 2 aromatic rings. The van der Waals surface area contributed by atoms with Crippen molar-refractivity contribution in [1.82, 2.24) is 15.0 Å². The molecule has 0 aliphatic carbocycles. The normalized spacial score (nSPS) is 10.1. The van der Waals surface area contributed by atoms with E-state index in [1.54, 1.807) is 25.1 Å². The number of hydrogen-bond donors (Lipinski definition) is 0. The molecule has 0 fully saturated rings. The molecule has 0 bridgehead atoms. The van der Waals surface area contributed by atoms with E-state index >= 15 is 0 Å². The van der Waals surface area contributed by atoms with E-state index in [-0.39, 0.29) is 5.78 Å². The summed E-state index contributed by atoms with van der Waals surface area (Å²) >= 11 is 5.95. The number of aromatic nitrogens is 3. The van der Waals surface area contributed by atoms with Crippen LogP contribution in [0.25, 0.3) is 5.69 Å². The van der Waals surface area contributed by atoms with E-state index in [0.29, 0.717) is 27.7 Å². The summed E-state index contributed by atoms with van der Waals surface area (Å²) in [7, 11) is 0. The summed E-state index contributed by atoms with van der Waals surface area (Å²) in [6.45, 7) is 3.19. The van der Waals surface area contributed by atoms with Crippen LogP contribution >= 0.6 is 11.6 Å². The molecule has 0 atom stereocenters. The number of nitriles is 1. The highest BCUT2D eigenvalue weighted by molar-refractivity contribution is 6.31. The zero-order valence-electron chi connectivity index (χ0n) is 9.81. The Balaban J connectivity index is 2.53. The molecular formula is C12H9ClN4O. The number of Topliss-reactive ketones (excluding diaryl/α,β-unsaturated/α-hetero) is 1. The number of ketones is 1. The number of hydrogen-bond acceptors (Lipinski definition) is 4. The lowest BCUT2D eigenvalue weighted by Gasteiger charge is -2.04. The van der Waals surface area contributed by atoms with E-state index in [9.17, 15) is 4.79 Å². The fraction of sp³-hybridized carbons (Fsp3) is 0.167. The molecule has 1 aromatic carbocycles. The lowest BCUT2D eigenvalue weighted by Crippen LogP contribution is -2.01. The Kier molecular flexibility index (Phi) is 3.13. The number of carbonyl (C=O) groups is 1. The van der Waals surface area contributed by atoms with Gasteiger partial charge in [-0.3, -0.25) is 4.79 Å². The quantitative estimate of drug-likeness (QED) is 0.777. The van der Waals surface area contributed by atoms with Gasteiger partial charge in [-0.15, -0.1) is 5.10 Å². The van der Waals surface area contributed by atoms with Crippen LogP contribution in [0.3, 0.4) is 0 Å². The summed E-state index contributed by atoms with van der Waals surface area (Å²) in [5, 5.41) is 16.9. The number of carbonyl (C=O) groups excluding carboxylic acids is 1. The molecule has 0 aliphatic heterocycles. The maximum atomic E-state index is 11.3. The highest BCUT2D eigenvalue weighted by atomic mass is 35.5. The average molecular weight is 261 g/mol. The molecule has 0 aliphatic rings. The number of benzene rings is 1. The summed E-state index contributed by atoms with van der Waals surface area (Å²) in [6.07, 6.45) is 0. The van der Waals surface area contributed by atoms with Crippen LogP contribution in [0.15, 0.2) is 18.2 Å². The number of halogens is 1. The van der Waals surface area contributed by atoms with Crippen molar-refractivity contribution in [3.05, 3.63) is 40.2 Å².